The molecule has 8 heteroatoms. The summed E-state index contributed by atoms with van der Waals surface area (Å²) in [7, 11) is 1.98. The number of aromatic nitrogens is 4. The minimum Gasteiger partial charge on any atom is -0.330 e. The molecule has 0 radical (unpaired) electrons. The van der Waals surface area contributed by atoms with Crippen molar-refractivity contribution in [2.24, 2.45) is 7.05 Å². The van der Waals surface area contributed by atoms with Gasteiger partial charge in [-0.25, -0.2) is 9.67 Å². The maximum atomic E-state index is 13.0. The fraction of sp³-hybridized carbons (Fsp3) is 0.421. The van der Waals surface area contributed by atoms with Gasteiger partial charge in [0.15, 0.2) is 0 Å². The Morgan fingerprint density at radius 3 is 3.00 bits per heavy atom. The first-order valence-electron chi connectivity index (χ1n) is 9.26. The normalized spacial score (nSPS) is 17.8. The van der Waals surface area contributed by atoms with Crippen molar-refractivity contribution < 1.29 is 4.79 Å². The van der Waals surface area contributed by atoms with Crippen LogP contribution >= 0.6 is 11.6 Å². The van der Waals surface area contributed by atoms with Gasteiger partial charge in [-0.05, 0) is 38.0 Å². The zero-order chi connectivity index (χ0) is 19.0. The van der Waals surface area contributed by atoms with Crippen LogP contribution in [-0.4, -0.2) is 37.8 Å². The van der Waals surface area contributed by atoms with Crippen LogP contribution in [0.15, 0.2) is 30.5 Å². The first kappa shape index (κ1) is 18.0. The quantitative estimate of drug-likeness (QED) is 0.732. The lowest BCUT2D eigenvalue weighted by atomic mass is 10.0. The Morgan fingerprint density at radius 1 is 1.33 bits per heavy atom. The van der Waals surface area contributed by atoms with Gasteiger partial charge in [0.25, 0.3) is 0 Å². The van der Waals surface area contributed by atoms with Crippen LogP contribution in [0, 0.1) is 0 Å². The van der Waals surface area contributed by atoms with Crippen LogP contribution in [0.3, 0.4) is 0 Å². The van der Waals surface area contributed by atoms with Crippen LogP contribution in [0.25, 0.3) is 11.0 Å². The summed E-state index contributed by atoms with van der Waals surface area (Å²) in [6, 6.07) is 7.37. The molecule has 1 unspecified atom stereocenters. The minimum atomic E-state index is -0.220. The highest BCUT2D eigenvalue weighted by molar-refractivity contribution is 6.31. The number of carbonyl (C=O) groups is 1. The molecular formula is C19H23ClN6O. The van der Waals surface area contributed by atoms with Gasteiger partial charge in [-0.3, -0.25) is 15.0 Å². The number of hydrogen-bond acceptors (Lipinski definition) is 4. The largest absolute Gasteiger partial charge is 0.330 e. The van der Waals surface area contributed by atoms with E-state index in [2.05, 4.69) is 15.4 Å². The fourth-order valence-corrected chi connectivity index (χ4v) is 3.85. The molecule has 1 fully saturated rings. The molecule has 3 aromatic rings. The van der Waals surface area contributed by atoms with Gasteiger partial charge in [0.05, 0.1) is 29.8 Å². The van der Waals surface area contributed by atoms with Crippen LogP contribution in [0.4, 0.5) is 5.82 Å². The Hall–Kier alpha value is -2.38. The Labute approximate surface area is 162 Å². The second-order valence-electron chi connectivity index (χ2n) is 6.79. The first-order valence-corrected chi connectivity index (χ1v) is 9.63. The van der Waals surface area contributed by atoms with E-state index in [9.17, 15) is 4.79 Å². The van der Waals surface area contributed by atoms with Crippen LogP contribution in [-0.2, 0) is 24.9 Å². The third kappa shape index (κ3) is 3.33. The van der Waals surface area contributed by atoms with E-state index in [4.69, 9.17) is 11.6 Å². The van der Waals surface area contributed by atoms with Crippen molar-refractivity contribution >= 4 is 34.4 Å². The van der Waals surface area contributed by atoms with Gasteiger partial charge >= 0.3 is 0 Å². The van der Waals surface area contributed by atoms with Gasteiger partial charge in [-0.15, -0.1) is 0 Å². The van der Waals surface area contributed by atoms with Gasteiger partial charge in [0, 0.05) is 31.2 Å². The van der Waals surface area contributed by atoms with Gasteiger partial charge in [0.1, 0.15) is 11.6 Å². The number of anilines is 1. The molecule has 1 aliphatic heterocycles. The molecule has 7 nitrogen and oxygen atoms in total. The smallest absolute Gasteiger partial charge is 0.245 e. The van der Waals surface area contributed by atoms with Crippen molar-refractivity contribution in [2.75, 3.05) is 11.4 Å². The van der Waals surface area contributed by atoms with E-state index in [1.54, 1.807) is 6.20 Å². The van der Waals surface area contributed by atoms with Crippen LogP contribution in [0.2, 0.25) is 5.02 Å². The number of fused-ring (bicyclic) bond motifs is 1. The first-order chi connectivity index (χ1) is 13.1. The molecule has 3 heterocycles. The molecule has 1 saturated heterocycles. The number of aryl methyl sites for hydroxylation is 2. The van der Waals surface area contributed by atoms with Crippen molar-refractivity contribution in [1.29, 1.82) is 0 Å². The number of carbonyl (C=O) groups excluding carboxylic acids is 1. The number of nitrogens with one attached hydrogen (secondary N) is 1. The number of rotatable bonds is 5. The summed E-state index contributed by atoms with van der Waals surface area (Å²) in [5, 5.41) is 8.35. The summed E-state index contributed by atoms with van der Waals surface area (Å²) in [6.07, 6.45) is 3.52. The maximum absolute atomic E-state index is 13.0. The van der Waals surface area contributed by atoms with E-state index in [1.807, 2.05) is 52.4 Å². The van der Waals surface area contributed by atoms with E-state index in [-0.39, 0.29) is 11.9 Å². The molecular weight excluding hydrogens is 364 g/mol. The third-order valence-electron chi connectivity index (χ3n) is 5.15. The van der Waals surface area contributed by atoms with Crippen LogP contribution < -0.4 is 10.2 Å². The molecule has 142 valence electrons. The summed E-state index contributed by atoms with van der Waals surface area (Å²) >= 11 is 6.07. The zero-order valence-electron chi connectivity index (χ0n) is 15.5. The summed E-state index contributed by atoms with van der Waals surface area (Å²) in [6.45, 7) is 4.03. The van der Waals surface area contributed by atoms with Gasteiger partial charge in [0.2, 0.25) is 5.91 Å². The highest BCUT2D eigenvalue weighted by Gasteiger charge is 2.31. The molecule has 0 aliphatic carbocycles. The third-order valence-corrected chi connectivity index (χ3v) is 5.39. The molecule has 0 spiro atoms. The monoisotopic (exact) mass is 386 g/mol. The predicted molar refractivity (Wildman–Crippen MR) is 106 cm³/mol. The minimum absolute atomic E-state index is 0.0956. The number of hydrogen-bond donors (Lipinski definition) is 1. The van der Waals surface area contributed by atoms with Crippen molar-refractivity contribution in [1.82, 2.24) is 24.6 Å². The maximum Gasteiger partial charge on any atom is 0.245 e. The molecule has 1 aliphatic rings. The lowest BCUT2D eigenvalue weighted by Crippen LogP contribution is -2.51. The molecule has 27 heavy (non-hydrogen) atoms. The van der Waals surface area contributed by atoms with Crippen molar-refractivity contribution in [3.05, 3.63) is 41.3 Å². The number of benzene rings is 1. The van der Waals surface area contributed by atoms with E-state index in [0.29, 0.717) is 11.6 Å². The van der Waals surface area contributed by atoms with E-state index < -0.39 is 0 Å². The molecule has 4 rings (SSSR count). The van der Waals surface area contributed by atoms with Gasteiger partial charge in [-0.2, -0.15) is 5.10 Å². The number of halogens is 1. The zero-order valence-corrected chi connectivity index (χ0v) is 16.3. The van der Waals surface area contributed by atoms with Crippen molar-refractivity contribution in [3.8, 4) is 0 Å². The van der Waals surface area contributed by atoms with Crippen molar-refractivity contribution in [2.45, 2.75) is 38.9 Å². The average molecular weight is 387 g/mol. The lowest BCUT2D eigenvalue weighted by Gasteiger charge is -2.32. The molecule has 1 aromatic carbocycles. The fourth-order valence-electron chi connectivity index (χ4n) is 3.69. The number of nitrogens with zero attached hydrogens (tertiary/aromatic N) is 5. The summed E-state index contributed by atoms with van der Waals surface area (Å²) in [4.78, 5) is 19.5. The molecule has 1 atom stereocenters. The molecule has 1 amide bonds. The summed E-state index contributed by atoms with van der Waals surface area (Å²) in [5.41, 5.74) is 1.89. The van der Waals surface area contributed by atoms with Crippen molar-refractivity contribution in [3.63, 3.8) is 0 Å². The van der Waals surface area contributed by atoms with Crippen LogP contribution in [0.5, 0.6) is 0 Å². The Morgan fingerprint density at radius 2 is 2.19 bits per heavy atom. The Bertz CT molecular complexity index is 978. The van der Waals surface area contributed by atoms with E-state index in [0.717, 1.165) is 48.6 Å². The average Bonchev–Trinajstić information content (AvgIpc) is 3.25. The molecule has 1 N–H and O–H groups in total. The standard InChI is InChI=1S/C19H23ClN6O/c1-3-26-18(8-9-22-26)25-10-4-5-14(19(25)27)21-12-17-23-15-11-13(20)6-7-16(15)24(17)2/h6-9,11,14,21H,3-5,10,12H2,1-2H3. The number of piperidine rings is 1. The predicted octanol–water partition coefficient (Wildman–Crippen LogP) is 2.73. The number of imidazole rings is 1. The van der Waals surface area contributed by atoms with Crippen LogP contribution in [0.1, 0.15) is 25.6 Å². The SMILES string of the molecule is CCn1nccc1N1CCCC(NCc2nc3cc(Cl)ccc3n2C)C1=O. The summed E-state index contributed by atoms with van der Waals surface area (Å²) in [5.74, 6) is 1.85. The van der Waals surface area contributed by atoms with Gasteiger partial charge < -0.3 is 4.57 Å². The highest BCUT2D eigenvalue weighted by atomic mass is 35.5. The van der Waals surface area contributed by atoms with Gasteiger partial charge in [-0.1, -0.05) is 11.6 Å². The second kappa shape index (κ2) is 7.32. The Kier molecular flexibility index (Phi) is 4.88. The topological polar surface area (TPSA) is 68.0 Å². The summed E-state index contributed by atoms with van der Waals surface area (Å²) < 4.78 is 3.89. The van der Waals surface area contributed by atoms with E-state index in [1.165, 1.54) is 0 Å². The molecule has 0 saturated carbocycles. The second-order valence-corrected chi connectivity index (χ2v) is 7.23. The van der Waals surface area contributed by atoms with E-state index >= 15 is 0 Å². The lowest BCUT2D eigenvalue weighted by molar-refractivity contribution is -0.121. The highest BCUT2D eigenvalue weighted by Crippen LogP contribution is 2.22. The Balaban J connectivity index is 1.50. The molecule has 2 aromatic heterocycles. The molecule has 0 bridgehead atoms. The number of amides is 1.